The minimum Gasteiger partial charge on any atom is -0.484 e. The van der Waals surface area contributed by atoms with Crippen LogP contribution in [0.3, 0.4) is 0 Å². The molecule has 0 fully saturated rings. The molecular formula is C24H31FN2O3. The molecule has 0 aromatic heterocycles. The van der Waals surface area contributed by atoms with Crippen LogP contribution in [0.5, 0.6) is 5.75 Å². The zero-order valence-corrected chi connectivity index (χ0v) is 18.6. The molecule has 0 radical (unpaired) electrons. The maximum absolute atomic E-state index is 14.2. The van der Waals surface area contributed by atoms with Gasteiger partial charge in [0.25, 0.3) is 5.91 Å². The molecule has 5 nitrogen and oxygen atoms in total. The predicted octanol–water partition coefficient (Wildman–Crippen LogP) is 4.15. The van der Waals surface area contributed by atoms with Gasteiger partial charge in [-0.3, -0.25) is 9.59 Å². The first-order chi connectivity index (χ1) is 14.0. The summed E-state index contributed by atoms with van der Waals surface area (Å²) in [7, 11) is 0. The standard InChI is InChI=1S/C24H31FN2O3/c1-16-11-12-20(13-17(16)2)30-15-22(28)27(14-19-9-7-8-10-21(19)25)18(3)23(29)26-24(4,5)6/h7-13,18H,14-15H2,1-6H3,(H,26,29)/t18-/m1/s1. The van der Waals surface area contributed by atoms with Crippen LogP contribution in [0.25, 0.3) is 0 Å². The molecule has 2 aromatic rings. The van der Waals surface area contributed by atoms with Crippen LogP contribution >= 0.6 is 0 Å². The normalized spacial score (nSPS) is 12.2. The van der Waals surface area contributed by atoms with Crippen molar-refractivity contribution in [2.24, 2.45) is 0 Å². The van der Waals surface area contributed by atoms with Gasteiger partial charge in [0.2, 0.25) is 5.91 Å². The Labute approximate surface area is 178 Å². The molecule has 0 heterocycles. The predicted molar refractivity (Wildman–Crippen MR) is 116 cm³/mol. The van der Waals surface area contributed by atoms with E-state index in [2.05, 4.69) is 5.32 Å². The van der Waals surface area contributed by atoms with Gasteiger partial charge in [0.15, 0.2) is 6.61 Å². The average molecular weight is 415 g/mol. The van der Waals surface area contributed by atoms with Gasteiger partial charge in [0.05, 0.1) is 0 Å². The number of rotatable bonds is 7. The number of aryl methyl sites for hydroxylation is 2. The Morgan fingerprint density at radius 1 is 1.10 bits per heavy atom. The van der Waals surface area contributed by atoms with E-state index in [9.17, 15) is 14.0 Å². The van der Waals surface area contributed by atoms with E-state index < -0.39 is 23.3 Å². The molecule has 162 valence electrons. The zero-order valence-electron chi connectivity index (χ0n) is 18.6. The van der Waals surface area contributed by atoms with Crippen molar-refractivity contribution in [2.45, 2.75) is 59.7 Å². The number of halogens is 1. The summed E-state index contributed by atoms with van der Waals surface area (Å²) in [6.45, 7) is 10.9. The average Bonchev–Trinajstić information content (AvgIpc) is 2.66. The topological polar surface area (TPSA) is 58.6 Å². The summed E-state index contributed by atoms with van der Waals surface area (Å²) in [5.41, 5.74) is 2.07. The van der Waals surface area contributed by atoms with E-state index in [0.717, 1.165) is 11.1 Å². The summed E-state index contributed by atoms with van der Waals surface area (Å²) in [4.78, 5) is 27.0. The number of hydrogen-bond acceptors (Lipinski definition) is 3. The van der Waals surface area contributed by atoms with Crippen LogP contribution in [0, 0.1) is 19.7 Å². The first kappa shape index (κ1) is 23.4. The van der Waals surface area contributed by atoms with Gasteiger partial charge in [0.1, 0.15) is 17.6 Å². The van der Waals surface area contributed by atoms with Crippen molar-refractivity contribution in [1.82, 2.24) is 10.2 Å². The number of carbonyl (C=O) groups is 2. The third-order valence-corrected chi connectivity index (χ3v) is 4.80. The van der Waals surface area contributed by atoms with Gasteiger partial charge in [-0.25, -0.2) is 4.39 Å². The highest BCUT2D eigenvalue weighted by Crippen LogP contribution is 2.18. The van der Waals surface area contributed by atoms with E-state index in [1.165, 1.54) is 11.0 Å². The van der Waals surface area contributed by atoms with Crippen molar-refractivity contribution in [1.29, 1.82) is 0 Å². The van der Waals surface area contributed by atoms with Crippen molar-refractivity contribution in [3.63, 3.8) is 0 Å². The Hall–Kier alpha value is -2.89. The largest absolute Gasteiger partial charge is 0.484 e. The molecule has 0 aliphatic heterocycles. The van der Waals surface area contributed by atoms with Gasteiger partial charge < -0.3 is 15.0 Å². The van der Waals surface area contributed by atoms with Crippen LogP contribution in [-0.4, -0.2) is 34.9 Å². The van der Waals surface area contributed by atoms with Crippen LogP contribution in [-0.2, 0) is 16.1 Å². The molecule has 30 heavy (non-hydrogen) atoms. The maximum Gasteiger partial charge on any atom is 0.261 e. The lowest BCUT2D eigenvalue weighted by molar-refractivity contribution is -0.142. The Kier molecular flexibility index (Phi) is 7.59. The molecule has 0 saturated carbocycles. The lowest BCUT2D eigenvalue weighted by Gasteiger charge is -2.31. The van der Waals surface area contributed by atoms with Crippen LogP contribution < -0.4 is 10.1 Å². The molecule has 2 rings (SSSR count). The SMILES string of the molecule is Cc1ccc(OCC(=O)N(Cc2ccccc2F)[C@H](C)C(=O)NC(C)(C)C)cc1C. The lowest BCUT2D eigenvalue weighted by Crippen LogP contribution is -2.53. The molecule has 2 amide bonds. The molecule has 6 heteroatoms. The summed E-state index contributed by atoms with van der Waals surface area (Å²) < 4.78 is 19.9. The number of hydrogen-bond donors (Lipinski definition) is 1. The van der Waals surface area contributed by atoms with Crippen molar-refractivity contribution >= 4 is 11.8 Å². The lowest BCUT2D eigenvalue weighted by atomic mass is 10.1. The molecule has 0 bridgehead atoms. The second-order valence-corrected chi connectivity index (χ2v) is 8.56. The summed E-state index contributed by atoms with van der Waals surface area (Å²) in [6, 6.07) is 11.0. The van der Waals surface area contributed by atoms with Crippen molar-refractivity contribution in [2.75, 3.05) is 6.61 Å². The number of amides is 2. The molecule has 0 saturated heterocycles. The van der Waals surface area contributed by atoms with Crippen molar-refractivity contribution < 1.29 is 18.7 Å². The summed E-state index contributed by atoms with van der Waals surface area (Å²) in [6.07, 6.45) is 0. The highest BCUT2D eigenvalue weighted by Gasteiger charge is 2.29. The molecule has 2 aromatic carbocycles. The third-order valence-electron chi connectivity index (χ3n) is 4.80. The molecule has 1 atom stereocenters. The minimum atomic E-state index is -0.792. The van der Waals surface area contributed by atoms with E-state index in [-0.39, 0.29) is 19.1 Å². The molecule has 0 unspecified atom stereocenters. The van der Waals surface area contributed by atoms with Gasteiger partial charge in [0, 0.05) is 17.6 Å². The summed E-state index contributed by atoms with van der Waals surface area (Å²) in [5.74, 6) is -0.552. The van der Waals surface area contributed by atoms with Gasteiger partial charge in [-0.05, 0) is 70.9 Å². The Morgan fingerprint density at radius 2 is 1.77 bits per heavy atom. The van der Waals surface area contributed by atoms with E-state index in [1.807, 2.05) is 46.8 Å². The highest BCUT2D eigenvalue weighted by molar-refractivity contribution is 5.88. The van der Waals surface area contributed by atoms with E-state index in [1.54, 1.807) is 31.2 Å². The number of carbonyl (C=O) groups excluding carboxylic acids is 2. The fourth-order valence-electron chi connectivity index (χ4n) is 2.90. The third kappa shape index (κ3) is 6.58. The summed E-state index contributed by atoms with van der Waals surface area (Å²) in [5, 5.41) is 2.87. The van der Waals surface area contributed by atoms with Crippen LogP contribution in [0.1, 0.15) is 44.4 Å². The number of nitrogens with one attached hydrogen (secondary N) is 1. The fraction of sp³-hybridized carbons (Fsp3) is 0.417. The highest BCUT2D eigenvalue weighted by atomic mass is 19.1. The molecule has 0 aliphatic rings. The van der Waals surface area contributed by atoms with E-state index in [4.69, 9.17) is 4.74 Å². The maximum atomic E-state index is 14.2. The molecular weight excluding hydrogens is 383 g/mol. The van der Waals surface area contributed by atoms with Crippen LogP contribution in [0.15, 0.2) is 42.5 Å². The zero-order chi connectivity index (χ0) is 22.5. The fourth-order valence-corrected chi connectivity index (χ4v) is 2.90. The minimum absolute atomic E-state index is 0.0273. The molecule has 0 spiro atoms. The first-order valence-electron chi connectivity index (χ1n) is 10.0. The van der Waals surface area contributed by atoms with Gasteiger partial charge >= 0.3 is 0 Å². The van der Waals surface area contributed by atoms with Crippen LogP contribution in [0.4, 0.5) is 4.39 Å². The monoisotopic (exact) mass is 414 g/mol. The van der Waals surface area contributed by atoms with Crippen molar-refractivity contribution in [3.05, 3.63) is 65.0 Å². The van der Waals surface area contributed by atoms with E-state index in [0.29, 0.717) is 11.3 Å². The first-order valence-corrected chi connectivity index (χ1v) is 10.0. The number of benzene rings is 2. The van der Waals surface area contributed by atoms with Gasteiger partial charge in [-0.15, -0.1) is 0 Å². The molecule has 0 aliphatic carbocycles. The second kappa shape index (κ2) is 9.74. The van der Waals surface area contributed by atoms with Crippen molar-refractivity contribution in [3.8, 4) is 5.75 Å². The van der Waals surface area contributed by atoms with E-state index >= 15 is 0 Å². The number of ether oxygens (including phenoxy) is 1. The van der Waals surface area contributed by atoms with Crippen LogP contribution in [0.2, 0.25) is 0 Å². The van der Waals surface area contributed by atoms with Gasteiger partial charge in [-0.2, -0.15) is 0 Å². The summed E-state index contributed by atoms with van der Waals surface area (Å²) >= 11 is 0. The Bertz CT molecular complexity index is 906. The van der Waals surface area contributed by atoms with Gasteiger partial charge in [-0.1, -0.05) is 24.3 Å². The molecule has 1 N–H and O–H groups in total. The Balaban J connectivity index is 2.20. The quantitative estimate of drug-likeness (QED) is 0.740. The second-order valence-electron chi connectivity index (χ2n) is 8.56. The number of nitrogens with zero attached hydrogens (tertiary/aromatic N) is 1. The Morgan fingerprint density at radius 3 is 2.37 bits per heavy atom. The smallest absolute Gasteiger partial charge is 0.261 e.